The predicted octanol–water partition coefficient (Wildman–Crippen LogP) is 2.85. The highest BCUT2D eigenvalue weighted by Crippen LogP contribution is 2.32. The van der Waals surface area contributed by atoms with Crippen molar-refractivity contribution in [2.75, 3.05) is 45.9 Å². The van der Waals surface area contributed by atoms with Crippen LogP contribution < -0.4 is 10.6 Å². The molecule has 2 N–H and O–H groups in total. The van der Waals surface area contributed by atoms with Crippen molar-refractivity contribution >= 4 is 18.0 Å². The van der Waals surface area contributed by atoms with E-state index >= 15 is 0 Å². The molecule has 10 heteroatoms. The smallest absolute Gasteiger partial charge is 0.338 e. The molecule has 4 amide bonds. The minimum Gasteiger partial charge on any atom is -0.463 e. The predicted molar refractivity (Wildman–Crippen MR) is 130 cm³/mol. The summed E-state index contributed by atoms with van der Waals surface area (Å²) < 4.78 is 19.4. The molecule has 0 spiro atoms. The first-order chi connectivity index (χ1) is 16.8. The summed E-state index contributed by atoms with van der Waals surface area (Å²) in [4.78, 5) is 44.2. The molecule has 1 saturated heterocycles. The number of likely N-dealkylation sites (N-methyl/N-ethyl adjacent to an activating group) is 1. The second-order valence-corrected chi connectivity index (χ2v) is 8.77. The molecule has 1 fully saturated rings. The van der Waals surface area contributed by atoms with Crippen molar-refractivity contribution in [3.8, 4) is 0 Å². The zero-order chi connectivity index (χ0) is 25.5. The molecule has 192 valence electrons. The van der Waals surface area contributed by atoms with E-state index in [0.717, 1.165) is 6.42 Å². The highest BCUT2D eigenvalue weighted by Gasteiger charge is 2.39. The molecule has 0 radical (unpaired) electrons. The number of halogens is 1. The number of esters is 1. The Bertz CT molecular complexity index is 969. The Balaban J connectivity index is 1.93. The highest BCUT2D eigenvalue weighted by molar-refractivity contribution is 5.95. The van der Waals surface area contributed by atoms with Gasteiger partial charge >= 0.3 is 18.0 Å². The number of benzene rings is 1. The average molecular weight is 490 g/mol. The number of hydrogen-bond donors (Lipinski definition) is 2. The van der Waals surface area contributed by atoms with E-state index in [1.165, 1.54) is 17.0 Å². The molecule has 2 aliphatic heterocycles. The Morgan fingerprint density at radius 2 is 2.00 bits per heavy atom. The molecule has 2 atom stereocenters. The molecule has 3 rings (SSSR count). The monoisotopic (exact) mass is 489 g/mol. The van der Waals surface area contributed by atoms with Crippen LogP contribution in [0.25, 0.3) is 0 Å². The van der Waals surface area contributed by atoms with Gasteiger partial charge in [-0.05, 0) is 44.9 Å². The van der Waals surface area contributed by atoms with E-state index in [4.69, 9.17) is 4.74 Å². The summed E-state index contributed by atoms with van der Waals surface area (Å²) in [5.74, 6) is -0.994. The SMILES string of the molecule is CCCNC(=O)N1CCN(CC2=C(C(=O)OCC)[C@@H](c3cccc(F)c3)NC(=O)N2CC)C[C@H]1C. The zero-order valence-electron chi connectivity index (χ0n) is 21.0. The first kappa shape index (κ1) is 26.5. The van der Waals surface area contributed by atoms with Crippen molar-refractivity contribution in [1.29, 1.82) is 0 Å². The van der Waals surface area contributed by atoms with Crippen molar-refractivity contribution in [2.24, 2.45) is 0 Å². The molecular weight excluding hydrogens is 453 g/mol. The van der Waals surface area contributed by atoms with E-state index in [1.54, 1.807) is 19.1 Å². The van der Waals surface area contributed by atoms with Gasteiger partial charge in [0.2, 0.25) is 0 Å². The van der Waals surface area contributed by atoms with Gasteiger partial charge in [-0.15, -0.1) is 0 Å². The van der Waals surface area contributed by atoms with E-state index in [9.17, 15) is 18.8 Å². The van der Waals surface area contributed by atoms with Crippen LogP contribution in [0.2, 0.25) is 0 Å². The number of amides is 4. The summed E-state index contributed by atoms with van der Waals surface area (Å²) in [6, 6.07) is 4.57. The standard InChI is InChI=1S/C25H36FN5O4/c1-5-11-27-24(33)31-13-12-29(15-17(31)4)16-20-21(23(32)35-7-3)22(28-25(34)30(20)6-2)18-9-8-10-19(26)14-18/h8-10,14,17,22H,5-7,11-13,15-16H2,1-4H3,(H,27,33)(H,28,34)/t17-,22-/m1/s1. The Kier molecular flexibility index (Phi) is 9.08. The minimum atomic E-state index is -0.825. The van der Waals surface area contributed by atoms with Gasteiger partial charge in [0.05, 0.1) is 18.2 Å². The lowest BCUT2D eigenvalue weighted by Crippen LogP contribution is -2.58. The number of nitrogens with one attached hydrogen (secondary N) is 2. The van der Waals surface area contributed by atoms with Crippen molar-refractivity contribution in [3.05, 3.63) is 46.9 Å². The molecule has 1 aromatic carbocycles. The third kappa shape index (κ3) is 6.11. The number of carbonyl (C=O) groups is 3. The Hall–Kier alpha value is -3.14. The van der Waals surface area contributed by atoms with Gasteiger partial charge in [0, 0.05) is 51.0 Å². The number of urea groups is 2. The van der Waals surface area contributed by atoms with Gasteiger partial charge in [-0.25, -0.2) is 18.8 Å². The van der Waals surface area contributed by atoms with Gasteiger partial charge in [-0.2, -0.15) is 0 Å². The molecule has 2 heterocycles. The fourth-order valence-electron chi connectivity index (χ4n) is 4.62. The van der Waals surface area contributed by atoms with Crippen LogP contribution in [0.1, 0.15) is 45.7 Å². The first-order valence-corrected chi connectivity index (χ1v) is 12.3. The Labute approximate surface area is 206 Å². The molecule has 35 heavy (non-hydrogen) atoms. The van der Waals surface area contributed by atoms with Gasteiger partial charge in [0.25, 0.3) is 0 Å². The normalized spacial score (nSPS) is 21.1. The number of piperazine rings is 1. The molecule has 0 unspecified atom stereocenters. The maximum atomic E-state index is 14.0. The van der Waals surface area contributed by atoms with Crippen LogP contribution in [-0.2, 0) is 9.53 Å². The number of nitrogens with zero attached hydrogens (tertiary/aromatic N) is 3. The van der Waals surface area contributed by atoms with Crippen molar-refractivity contribution in [3.63, 3.8) is 0 Å². The van der Waals surface area contributed by atoms with E-state index in [1.807, 2.05) is 25.7 Å². The topological polar surface area (TPSA) is 94.2 Å². The molecular formula is C25H36FN5O4. The third-order valence-corrected chi connectivity index (χ3v) is 6.30. The molecule has 9 nitrogen and oxygen atoms in total. The second kappa shape index (κ2) is 12.0. The lowest BCUT2D eigenvalue weighted by atomic mass is 9.94. The number of hydrogen-bond acceptors (Lipinski definition) is 5. The molecule has 0 aliphatic carbocycles. The lowest BCUT2D eigenvalue weighted by Gasteiger charge is -2.42. The van der Waals surface area contributed by atoms with Crippen LogP contribution in [0.5, 0.6) is 0 Å². The summed E-state index contributed by atoms with van der Waals surface area (Å²) in [5, 5.41) is 5.77. The van der Waals surface area contributed by atoms with Crippen molar-refractivity contribution in [1.82, 2.24) is 25.3 Å². The van der Waals surface area contributed by atoms with Gasteiger partial charge in [0.1, 0.15) is 5.82 Å². The van der Waals surface area contributed by atoms with Crippen LogP contribution in [0.4, 0.5) is 14.0 Å². The van der Waals surface area contributed by atoms with E-state index in [2.05, 4.69) is 15.5 Å². The van der Waals surface area contributed by atoms with Crippen molar-refractivity contribution < 1.29 is 23.5 Å². The van der Waals surface area contributed by atoms with Crippen LogP contribution >= 0.6 is 0 Å². The highest BCUT2D eigenvalue weighted by atomic mass is 19.1. The lowest BCUT2D eigenvalue weighted by molar-refractivity contribution is -0.139. The summed E-state index contributed by atoms with van der Waals surface area (Å²) in [7, 11) is 0. The summed E-state index contributed by atoms with van der Waals surface area (Å²) >= 11 is 0. The fraction of sp³-hybridized carbons (Fsp3) is 0.560. The summed E-state index contributed by atoms with van der Waals surface area (Å²) in [5.41, 5.74) is 1.31. The Morgan fingerprint density at radius 1 is 1.23 bits per heavy atom. The largest absolute Gasteiger partial charge is 0.463 e. The number of ether oxygens (including phenoxy) is 1. The van der Waals surface area contributed by atoms with Crippen LogP contribution in [0, 0.1) is 5.82 Å². The summed E-state index contributed by atoms with van der Waals surface area (Å²) in [6.45, 7) is 10.7. The van der Waals surface area contributed by atoms with Crippen LogP contribution in [0.3, 0.4) is 0 Å². The van der Waals surface area contributed by atoms with Gasteiger partial charge in [-0.3, -0.25) is 9.80 Å². The maximum Gasteiger partial charge on any atom is 0.338 e. The second-order valence-electron chi connectivity index (χ2n) is 8.77. The quantitative estimate of drug-likeness (QED) is 0.548. The fourth-order valence-corrected chi connectivity index (χ4v) is 4.62. The molecule has 2 aliphatic rings. The van der Waals surface area contributed by atoms with E-state index < -0.39 is 17.8 Å². The third-order valence-electron chi connectivity index (χ3n) is 6.30. The average Bonchev–Trinajstić information content (AvgIpc) is 2.82. The van der Waals surface area contributed by atoms with Crippen LogP contribution in [0.15, 0.2) is 35.5 Å². The zero-order valence-corrected chi connectivity index (χ0v) is 21.0. The van der Waals surface area contributed by atoms with Gasteiger partial charge in [0.15, 0.2) is 0 Å². The minimum absolute atomic E-state index is 0.0428. The summed E-state index contributed by atoms with van der Waals surface area (Å²) in [6.07, 6.45) is 0.867. The Morgan fingerprint density at radius 3 is 2.63 bits per heavy atom. The number of rotatable bonds is 8. The van der Waals surface area contributed by atoms with Crippen LogP contribution in [-0.4, -0.2) is 84.6 Å². The van der Waals surface area contributed by atoms with E-state index in [0.29, 0.717) is 56.1 Å². The van der Waals surface area contributed by atoms with Gasteiger partial charge < -0.3 is 20.3 Å². The number of carbonyl (C=O) groups excluding carboxylic acids is 3. The van der Waals surface area contributed by atoms with Gasteiger partial charge in [-0.1, -0.05) is 19.1 Å². The molecule has 0 aromatic heterocycles. The van der Waals surface area contributed by atoms with Crippen molar-refractivity contribution in [2.45, 2.75) is 46.2 Å². The molecule has 1 aromatic rings. The molecule has 0 bridgehead atoms. The molecule has 0 saturated carbocycles. The van der Waals surface area contributed by atoms with E-state index in [-0.39, 0.29) is 24.7 Å². The maximum absolute atomic E-state index is 14.0. The first-order valence-electron chi connectivity index (χ1n) is 12.3.